The van der Waals surface area contributed by atoms with E-state index < -0.39 is 0 Å². The first kappa shape index (κ1) is 19.5. The minimum absolute atomic E-state index is 0.155. The van der Waals surface area contributed by atoms with Gasteiger partial charge in [-0.1, -0.05) is 24.8 Å². The topological polar surface area (TPSA) is 61.9 Å². The van der Waals surface area contributed by atoms with Gasteiger partial charge in [-0.3, -0.25) is 9.78 Å². The van der Waals surface area contributed by atoms with E-state index in [0.29, 0.717) is 5.82 Å². The fraction of sp³-hybridized carbons (Fsp3) is 0.269. The summed E-state index contributed by atoms with van der Waals surface area (Å²) in [5.74, 6) is 0.547. The van der Waals surface area contributed by atoms with Gasteiger partial charge in [0.1, 0.15) is 5.82 Å². The predicted octanol–water partition coefficient (Wildman–Crippen LogP) is 4.30. The number of nitrogens with zero attached hydrogens (tertiary/aromatic N) is 3. The Labute approximate surface area is 182 Å². The van der Waals surface area contributed by atoms with E-state index in [1.807, 2.05) is 19.2 Å². The maximum atomic E-state index is 11.5. The maximum Gasteiger partial charge on any atom is 0.251 e. The first-order chi connectivity index (χ1) is 15.1. The maximum absolute atomic E-state index is 11.5. The molecule has 0 unspecified atom stereocenters. The summed E-state index contributed by atoms with van der Waals surface area (Å²) in [5, 5.41) is 0. The predicted molar refractivity (Wildman–Crippen MR) is 123 cm³/mol. The summed E-state index contributed by atoms with van der Waals surface area (Å²) in [6.45, 7) is 7.99. The molecule has 3 heterocycles. The van der Waals surface area contributed by atoms with Gasteiger partial charge >= 0.3 is 0 Å². The zero-order chi connectivity index (χ0) is 21.4. The molecule has 5 nitrogen and oxygen atoms in total. The van der Waals surface area contributed by atoms with Crippen LogP contribution in [0.3, 0.4) is 0 Å². The Kier molecular flexibility index (Phi) is 5.02. The lowest BCUT2D eigenvalue weighted by Crippen LogP contribution is -2.30. The molecule has 1 N–H and O–H groups in total. The average Bonchev–Trinajstić information content (AvgIpc) is 3.27. The number of aromatic amines is 1. The minimum Gasteiger partial charge on any atom is -0.367 e. The lowest BCUT2D eigenvalue weighted by Gasteiger charge is -2.32. The van der Waals surface area contributed by atoms with Crippen LogP contribution in [-0.4, -0.2) is 26.4 Å². The molecular weight excluding hydrogens is 384 g/mol. The molecule has 1 aliphatic carbocycles. The Hall–Kier alpha value is -3.47. The van der Waals surface area contributed by atoms with E-state index in [-0.39, 0.29) is 5.56 Å². The van der Waals surface area contributed by atoms with Crippen molar-refractivity contribution in [2.75, 3.05) is 6.54 Å². The lowest BCUT2D eigenvalue weighted by atomic mass is 9.95. The number of rotatable bonds is 4. The van der Waals surface area contributed by atoms with Crippen LogP contribution in [-0.2, 0) is 25.8 Å². The molecule has 0 fully saturated rings. The van der Waals surface area contributed by atoms with Crippen LogP contribution in [0, 0.1) is 0 Å². The molecule has 0 radical (unpaired) electrons. The van der Waals surface area contributed by atoms with Crippen molar-refractivity contribution >= 4 is 6.08 Å². The zero-order valence-corrected chi connectivity index (χ0v) is 17.8. The highest BCUT2D eigenvalue weighted by Crippen LogP contribution is 2.34. The molecular formula is C26H26N4O. The van der Waals surface area contributed by atoms with Crippen LogP contribution in [0.5, 0.6) is 0 Å². The largest absolute Gasteiger partial charge is 0.367 e. The van der Waals surface area contributed by atoms with Crippen molar-refractivity contribution < 1.29 is 0 Å². The molecule has 3 aromatic rings. The first-order valence-electron chi connectivity index (χ1n) is 10.9. The number of benzene rings is 1. The molecule has 0 bridgehead atoms. The highest BCUT2D eigenvalue weighted by molar-refractivity contribution is 5.70. The summed E-state index contributed by atoms with van der Waals surface area (Å²) in [6, 6.07) is 10.4. The van der Waals surface area contributed by atoms with Gasteiger partial charge in [0.15, 0.2) is 0 Å². The average molecular weight is 411 g/mol. The molecule has 0 spiro atoms. The Morgan fingerprint density at radius 2 is 2.06 bits per heavy atom. The third-order valence-corrected chi connectivity index (χ3v) is 6.38. The summed E-state index contributed by atoms with van der Waals surface area (Å²) in [7, 11) is 0. The van der Waals surface area contributed by atoms with Crippen LogP contribution in [0.2, 0.25) is 0 Å². The van der Waals surface area contributed by atoms with Crippen LogP contribution in [0.1, 0.15) is 41.6 Å². The monoisotopic (exact) mass is 410 g/mol. The number of fused-ring (bicyclic) bond motifs is 2. The van der Waals surface area contributed by atoms with E-state index in [4.69, 9.17) is 4.98 Å². The van der Waals surface area contributed by atoms with E-state index in [0.717, 1.165) is 37.2 Å². The molecule has 2 aromatic heterocycles. The number of H-pyrrole nitrogens is 1. The van der Waals surface area contributed by atoms with Crippen LogP contribution < -0.4 is 5.56 Å². The third-order valence-electron chi connectivity index (χ3n) is 6.38. The van der Waals surface area contributed by atoms with E-state index in [1.165, 1.54) is 58.6 Å². The fourth-order valence-electron chi connectivity index (χ4n) is 4.69. The number of pyridine rings is 1. The standard InChI is InChI=1S/C26H26N4O/c1-17(13-25-27-11-9-26(31)29-25)18(2)30-12-10-24-21(16-30)14-20(15-28-24)23-8-4-6-19-5-3-7-22(19)23/h4,6,8-9,11,13-15H,2-3,5,7,10,12,16H2,1H3,(H,27,29,31)/b17-13-. The number of nitrogens with one attached hydrogen (secondary N) is 1. The lowest BCUT2D eigenvalue weighted by molar-refractivity contribution is 0.326. The molecule has 0 saturated carbocycles. The van der Waals surface area contributed by atoms with Gasteiger partial charge < -0.3 is 9.88 Å². The Bertz CT molecular complexity index is 1250. The van der Waals surface area contributed by atoms with Gasteiger partial charge in [-0.2, -0.15) is 0 Å². The molecule has 5 heteroatoms. The second-order valence-corrected chi connectivity index (χ2v) is 8.39. The van der Waals surface area contributed by atoms with Gasteiger partial charge in [0.05, 0.1) is 0 Å². The van der Waals surface area contributed by atoms with Gasteiger partial charge in [-0.25, -0.2) is 4.98 Å². The van der Waals surface area contributed by atoms with Crippen molar-refractivity contribution in [3.8, 4) is 11.1 Å². The molecule has 2 aliphatic rings. The Morgan fingerprint density at radius 1 is 1.16 bits per heavy atom. The molecule has 0 saturated heterocycles. The Balaban J connectivity index is 1.40. The Morgan fingerprint density at radius 3 is 2.94 bits per heavy atom. The summed E-state index contributed by atoms with van der Waals surface area (Å²) in [4.78, 5) is 25.6. The smallest absolute Gasteiger partial charge is 0.251 e. The highest BCUT2D eigenvalue weighted by atomic mass is 16.1. The van der Waals surface area contributed by atoms with E-state index in [9.17, 15) is 4.79 Å². The summed E-state index contributed by atoms with van der Waals surface area (Å²) in [6.07, 6.45) is 9.92. The van der Waals surface area contributed by atoms with E-state index in [1.54, 1.807) is 0 Å². The van der Waals surface area contributed by atoms with Crippen molar-refractivity contribution in [1.82, 2.24) is 19.9 Å². The molecule has 5 rings (SSSR count). The zero-order valence-electron chi connectivity index (χ0n) is 17.8. The quantitative estimate of drug-likeness (QED) is 0.652. The minimum atomic E-state index is -0.155. The highest BCUT2D eigenvalue weighted by Gasteiger charge is 2.21. The number of aryl methyl sites for hydroxylation is 1. The van der Waals surface area contributed by atoms with Crippen molar-refractivity contribution in [2.24, 2.45) is 0 Å². The van der Waals surface area contributed by atoms with Crippen molar-refractivity contribution in [3.63, 3.8) is 0 Å². The normalized spacial score (nSPS) is 15.5. The van der Waals surface area contributed by atoms with Crippen LogP contribution in [0.15, 0.2) is 65.4 Å². The van der Waals surface area contributed by atoms with E-state index in [2.05, 4.69) is 45.7 Å². The molecule has 1 aliphatic heterocycles. The van der Waals surface area contributed by atoms with E-state index >= 15 is 0 Å². The van der Waals surface area contributed by atoms with Gasteiger partial charge in [0.25, 0.3) is 5.56 Å². The van der Waals surface area contributed by atoms with Crippen LogP contribution in [0.4, 0.5) is 0 Å². The third kappa shape index (κ3) is 3.83. The SMILES string of the molecule is C=C(/C(C)=C\c1nccc(=O)[nH]1)N1CCc2ncc(-c3cccc4c3CCC4)cc2C1. The summed E-state index contributed by atoms with van der Waals surface area (Å²) in [5.41, 5.74) is 9.74. The summed E-state index contributed by atoms with van der Waals surface area (Å²) < 4.78 is 0. The molecule has 1 aromatic carbocycles. The van der Waals surface area contributed by atoms with Gasteiger partial charge in [-0.05, 0) is 66.2 Å². The van der Waals surface area contributed by atoms with Crippen molar-refractivity contribution in [3.05, 3.63) is 99.1 Å². The number of aromatic nitrogens is 3. The second kappa shape index (κ2) is 7.99. The van der Waals surface area contributed by atoms with Gasteiger partial charge in [-0.15, -0.1) is 0 Å². The van der Waals surface area contributed by atoms with Gasteiger partial charge in [0.2, 0.25) is 0 Å². The molecule has 0 amide bonds. The first-order valence-corrected chi connectivity index (χ1v) is 10.9. The molecule has 0 atom stereocenters. The molecule has 31 heavy (non-hydrogen) atoms. The van der Waals surface area contributed by atoms with Crippen molar-refractivity contribution in [1.29, 1.82) is 0 Å². The fourth-order valence-corrected chi connectivity index (χ4v) is 4.69. The van der Waals surface area contributed by atoms with Crippen LogP contribution >= 0.6 is 0 Å². The number of allylic oxidation sites excluding steroid dienone is 1. The van der Waals surface area contributed by atoms with Crippen molar-refractivity contribution in [2.45, 2.75) is 39.2 Å². The summed E-state index contributed by atoms with van der Waals surface area (Å²) >= 11 is 0. The number of hydrogen-bond acceptors (Lipinski definition) is 4. The number of hydrogen-bond donors (Lipinski definition) is 1. The van der Waals surface area contributed by atoms with Gasteiger partial charge in [0, 0.05) is 54.9 Å². The van der Waals surface area contributed by atoms with Crippen LogP contribution in [0.25, 0.3) is 17.2 Å². The second-order valence-electron chi connectivity index (χ2n) is 8.39. The molecule has 156 valence electrons.